The van der Waals surface area contributed by atoms with Crippen molar-refractivity contribution in [3.8, 4) is 0 Å². The molecule has 0 fully saturated rings. The number of H-pyrrole nitrogens is 1. The molecule has 1 amide bonds. The first kappa shape index (κ1) is 19.6. The van der Waals surface area contributed by atoms with E-state index in [9.17, 15) is 14.4 Å². The summed E-state index contributed by atoms with van der Waals surface area (Å²) in [6, 6.07) is 3.62. The van der Waals surface area contributed by atoms with Crippen LogP contribution in [0.25, 0.3) is 11.2 Å². The van der Waals surface area contributed by atoms with E-state index < -0.39 is 11.2 Å². The van der Waals surface area contributed by atoms with E-state index in [4.69, 9.17) is 4.42 Å². The van der Waals surface area contributed by atoms with Crippen LogP contribution >= 0.6 is 0 Å². The number of furan rings is 1. The summed E-state index contributed by atoms with van der Waals surface area (Å²) >= 11 is 0. The van der Waals surface area contributed by atoms with Gasteiger partial charge in [0.2, 0.25) is 5.91 Å². The van der Waals surface area contributed by atoms with E-state index >= 15 is 0 Å². The number of hydrogen-bond acceptors (Lipinski definition) is 6. The number of fused-ring (bicyclic) bond motifs is 1. The van der Waals surface area contributed by atoms with Crippen LogP contribution in [0, 0.1) is 0 Å². The van der Waals surface area contributed by atoms with Crippen molar-refractivity contribution in [1.29, 1.82) is 0 Å². The first-order chi connectivity index (χ1) is 13.3. The molecule has 1 unspecified atom stereocenters. The third kappa shape index (κ3) is 3.77. The summed E-state index contributed by atoms with van der Waals surface area (Å²) < 4.78 is 7.75. The molecule has 0 aliphatic rings. The predicted molar refractivity (Wildman–Crippen MR) is 103 cm³/mol. The van der Waals surface area contributed by atoms with Gasteiger partial charge in [-0.1, -0.05) is 0 Å². The highest BCUT2D eigenvalue weighted by Gasteiger charge is 2.18. The van der Waals surface area contributed by atoms with Crippen LogP contribution in [0.15, 0.2) is 32.4 Å². The lowest BCUT2D eigenvalue weighted by atomic mass is 10.2. The Morgan fingerprint density at radius 2 is 2.07 bits per heavy atom. The van der Waals surface area contributed by atoms with E-state index in [2.05, 4.69) is 15.3 Å². The highest BCUT2D eigenvalue weighted by molar-refractivity contribution is 5.76. The molecule has 10 nitrogen and oxygen atoms in total. The molecule has 0 aliphatic carbocycles. The highest BCUT2D eigenvalue weighted by Crippen LogP contribution is 2.17. The number of likely N-dealkylation sites (N-methyl/N-ethyl adjacent to an activating group) is 1. The third-order valence-electron chi connectivity index (χ3n) is 4.72. The quantitative estimate of drug-likeness (QED) is 0.584. The zero-order valence-corrected chi connectivity index (χ0v) is 16.4. The van der Waals surface area contributed by atoms with Crippen LogP contribution in [0.3, 0.4) is 0 Å². The van der Waals surface area contributed by atoms with E-state index in [1.54, 1.807) is 13.3 Å². The first-order valence-electron chi connectivity index (χ1n) is 8.90. The van der Waals surface area contributed by atoms with Crippen LogP contribution in [0.4, 0.5) is 0 Å². The average molecular weight is 388 g/mol. The molecule has 28 heavy (non-hydrogen) atoms. The number of imidazole rings is 1. The zero-order chi connectivity index (χ0) is 20.4. The Kier molecular flexibility index (Phi) is 5.50. The Bertz CT molecular complexity index is 1090. The predicted octanol–water partition coefficient (Wildman–Crippen LogP) is -0.0950. The second-order valence-corrected chi connectivity index (χ2v) is 6.89. The van der Waals surface area contributed by atoms with E-state index in [1.165, 1.54) is 11.6 Å². The summed E-state index contributed by atoms with van der Waals surface area (Å²) in [5.41, 5.74) is -0.339. The molecule has 3 aromatic heterocycles. The van der Waals surface area contributed by atoms with Crippen molar-refractivity contribution in [3.05, 3.63) is 50.8 Å². The molecule has 0 aromatic carbocycles. The molecule has 150 valence electrons. The topological polar surface area (TPSA) is 118 Å². The standard InChI is InChI=1S/C18H24N6O4/c1-22(2)11(12-6-5-9-28-12)10-19-14(25)8-7-13-20-15-16(21-13)23(3)18(27)24(4)17(15)26/h5-6,9,11H,7-8,10H2,1-4H3,(H,19,25)(H,20,21). The molecule has 0 saturated carbocycles. The van der Waals surface area contributed by atoms with E-state index in [0.717, 1.165) is 10.3 Å². The summed E-state index contributed by atoms with van der Waals surface area (Å²) in [4.78, 5) is 45.6. The van der Waals surface area contributed by atoms with Gasteiger partial charge in [0.15, 0.2) is 5.65 Å². The van der Waals surface area contributed by atoms with Gasteiger partial charge in [0.1, 0.15) is 17.1 Å². The Labute approximate surface area is 160 Å². The largest absolute Gasteiger partial charge is 0.468 e. The number of nitrogens with one attached hydrogen (secondary N) is 2. The fraction of sp³-hybridized carbons (Fsp3) is 0.444. The van der Waals surface area contributed by atoms with Gasteiger partial charge in [-0.15, -0.1) is 0 Å². The van der Waals surface area contributed by atoms with Crippen molar-refractivity contribution < 1.29 is 9.21 Å². The lowest BCUT2D eigenvalue weighted by molar-refractivity contribution is -0.121. The van der Waals surface area contributed by atoms with Crippen LogP contribution in [-0.4, -0.2) is 50.5 Å². The maximum absolute atomic E-state index is 12.2. The molecular weight excluding hydrogens is 364 g/mol. The van der Waals surface area contributed by atoms with Crippen molar-refractivity contribution >= 4 is 17.1 Å². The van der Waals surface area contributed by atoms with Crippen molar-refractivity contribution in [2.45, 2.75) is 18.9 Å². The van der Waals surface area contributed by atoms with Crippen molar-refractivity contribution in [2.24, 2.45) is 14.1 Å². The second kappa shape index (κ2) is 7.85. The molecule has 0 aliphatic heterocycles. The number of aromatic nitrogens is 4. The summed E-state index contributed by atoms with van der Waals surface area (Å²) in [7, 11) is 6.80. The number of carbonyl (C=O) groups is 1. The normalized spacial score (nSPS) is 12.6. The molecule has 0 radical (unpaired) electrons. The van der Waals surface area contributed by atoms with Crippen LogP contribution in [-0.2, 0) is 25.3 Å². The van der Waals surface area contributed by atoms with Crippen LogP contribution in [0.5, 0.6) is 0 Å². The molecule has 0 spiro atoms. The molecule has 3 aromatic rings. The van der Waals surface area contributed by atoms with Gasteiger partial charge < -0.3 is 14.7 Å². The number of aryl methyl sites for hydroxylation is 2. The number of hydrogen-bond donors (Lipinski definition) is 2. The monoisotopic (exact) mass is 388 g/mol. The molecule has 0 saturated heterocycles. The van der Waals surface area contributed by atoms with Crippen molar-refractivity contribution in [3.63, 3.8) is 0 Å². The van der Waals surface area contributed by atoms with Gasteiger partial charge in [-0.3, -0.25) is 23.6 Å². The lowest BCUT2D eigenvalue weighted by Gasteiger charge is -2.22. The van der Waals surface area contributed by atoms with Crippen LogP contribution < -0.4 is 16.6 Å². The van der Waals surface area contributed by atoms with Crippen molar-refractivity contribution in [1.82, 2.24) is 29.3 Å². The number of nitrogens with zero attached hydrogens (tertiary/aromatic N) is 4. The zero-order valence-electron chi connectivity index (χ0n) is 16.4. The fourth-order valence-electron chi connectivity index (χ4n) is 3.04. The van der Waals surface area contributed by atoms with Gasteiger partial charge in [0, 0.05) is 33.5 Å². The number of rotatable bonds is 7. The highest BCUT2D eigenvalue weighted by atomic mass is 16.3. The first-order valence-corrected chi connectivity index (χ1v) is 8.90. The minimum Gasteiger partial charge on any atom is -0.468 e. The van der Waals surface area contributed by atoms with Gasteiger partial charge in [0.05, 0.1) is 12.3 Å². The van der Waals surface area contributed by atoms with Gasteiger partial charge in [-0.05, 0) is 26.2 Å². The van der Waals surface area contributed by atoms with Gasteiger partial charge in [-0.25, -0.2) is 9.78 Å². The molecular formula is C18H24N6O4. The SMILES string of the molecule is CN(C)C(CNC(=O)CCc1nc2c([nH]1)c(=O)n(C)c(=O)n2C)c1ccco1. The molecule has 0 bridgehead atoms. The maximum Gasteiger partial charge on any atom is 0.332 e. The van der Waals surface area contributed by atoms with Gasteiger partial charge in [-0.2, -0.15) is 0 Å². The molecule has 3 rings (SSSR count). The molecule has 2 N–H and O–H groups in total. The van der Waals surface area contributed by atoms with Crippen LogP contribution in [0.1, 0.15) is 24.0 Å². The lowest BCUT2D eigenvalue weighted by Crippen LogP contribution is -2.36. The Morgan fingerprint density at radius 3 is 2.71 bits per heavy atom. The third-order valence-corrected chi connectivity index (χ3v) is 4.72. The number of amides is 1. The summed E-state index contributed by atoms with van der Waals surface area (Å²) in [6.07, 6.45) is 2.13. The Balaban J connectivity index is 1.65. The van der Waals surface area contributed by atoms with E-state index in [0.29, 0.717) is 18.8 Å². The van der Waals surface area contributed by atoms with E-state index in [-0.39, 0.29) is 29.5 Å². The molecule has 10 heteroatoms. The summed E-state index contributed by atoms with van der Waals surface area (Å²) in [6.45, 7) is 0.411. The molecule has 1 atom stereocenters. The number of carbonyl (C=O) groups excluding carboxylic acids is 1. The van der Waals surface area contributed by atoms with E-state index in [1.807, 2.05) is 31.1 Å². The van der Waals surface area contributed by atoms with Gasteiger partial charge in [0.25, 0.3) is 5.56 Å². The molecule has 3 heterocycles. The second-order valence-electron chi connectivity index (χ2n) is 6.89. The Hall–Kier alpha value is -3.14. The average Bonchev–Trinajstić information content (AvgIpc) is 3.33. The fourth-order valence-corrected chi connectivity index (χ4v) is 3.04. The van der Waals surface area contributed by atoms with Gasteiger partial charge >= 0.3 is 5.69 Å². The minimum absolute atomic E-state index is 0.0669. The Morgan fingerprint density at radius 1 is 1.32 bits per heavy atom. The summed E-state index contributed by atoms with van der Waals surface area (Å²) in [5, 5.41) is 2.89. The van der Waals surface area contributed by atoms with Crippen molar-refractivity contribution in [2.75, 3.05) is 20.6 Å². The van der Waals surface area contributed by atoms with Crippen LogP contribution in [0.2, 0.25) is 0 Å². The summed E-state index contributed by atoms with van der Waals surface area (Å²) in [5.74, 6) is 1.12. The maximum atomic E-state index is 12.2. The number of aromatic amines is 1. The minimum atomic E-state index is -0.444. The smallest absolute Gasteiger partial charge is 0.332 e.